The van der Waals surface area contributed by atoms with Crippen molar-refractivity contribution in [2.75, 3.05) is 26.7 Å². The number of carbonyl (C=O) groups excluding carboxylic acids is 1. The van der Waals surface area contributed by atoms with E-state index in [-0.39, 0.29) is 30.3 Å². The van der Waals surface area contributed by atoms with Crippen molar-refractivity contribution in [3.05, 3.63) is 36.1 Å². The summed E-state index contributed by atoms with van der Waals surface area (Å²) in [7, 11) is 1.71. The number of amides is 1. The minimum absolute atomic E-state index is 0.0630. The van der Waals surface area contributed by atoms with E-state index in [9.17, 15) is 9.18 Å². The van der Waals surface area contributed by atoms with Gasteiger partial charge < -0.3 is 21.3 Å². The zero-order valence-corrected chi connectivity index (χ0v) is 10.5. The maximum Gasteiger partial charge on any atom is 0.241 e. The highest BCUT2D eigenvalue weighted by molar-refractivity contribution is 5.79. The molecule has 0 bridgehead atoms. The van der Waals surface area contributed by atoms with Crippen LogP contribution in [0.15, 0.2) is 36.1 Å². The molecule has 1 fully saturated rings. The number of nitrogens with zero attached hydrogens (tertiary/aromatic N) is 2. The van der Waals surface area contributed by atoms with Gasteiger partial charge in [-0.1, -0.05) is 6.08 Å². The van der Waals surface area contributed by atoms with Crippen LogP contribution in [0.4, 0.5) is 4.39 Å². The van der Waals surface area contributed by atoms with Gasteiger partial charge in [0.05, 0.1) is 17.9 Å². The van der Waals surface area contributed by atoms with Gasteiger partial charge in [0.1, 0.15) is 0 Å². The standard InChI is InChI=1S/C12H19FN4O/c1-3-4-9(15)12(13)10(7-14)17-6-5-16(2)11(18)8-17/h3,7H,1,4-6,8,14-15H2,2H3/b10-7-,12-9+. The molecule has 0 aromatic rings. The molecule has 6 heteroatoms. The first kappa shape index (κ1) is 14.1. The maximum atomic E-state index is 14.0. The minimum Gasteiger partial charge on any atom is -0.403 e. The number of nitrogens with two attached hydrogens (primary N) is 2. The Morgan fingerprint density at radius 1 is 1.56 bits per heavy atom. The average Bonchev–Trinajstić information content (AvgIpc) is 2.34. The summed E-state index contributed by atoms with van der Waals surface area (Å²) in [6.45, 7) is 4.66. The summed E-state index contributed by atoms with van der Waals surface area (Å²) in [6, 6.07) is 0. The summed E-state index contributed by atoms with van der Waals surface area (Å²) in [5.74, 6) is -0.662. The largest absolute Gasteiger partial charge is 0.403 e. The van der Waals surface area contributed by atoms with E-state index in [1.807, 2.05) is 0 Å². The molecule has 4 N–H and O–H groups in total. The van der Waals surface area contributed by atoms with Crippen LogP contribution in [0.1, 0.15) is 6.42 Å². The highest BCUT2D eigenvalue weighted by atomic mass is 19.1. The molecule has 0 aromatic heterocycles. The van der Waals surface area contributed by atoms with Crippen LogP contribution in [0, 0.1) is 0 Å². The van der Waals surface area contributed by atoms with Gasteiger partial charge in [-0.05, 0) is 0 Å². The summed E-state index contributed by atoms with van der Waals surface area (Å²) in [6.07, 6.45) is 2.90. The minimum atomic E-state index is -0.588. The number of likely N-dealkylation sites (N-methyl/N-ethyl adjacent to an activating group) is 1. The third-order valence-electron chi connectivity index (χ3n) is 2.83. The molecule has 100 valence electrons. The zero-order valence-electron chi connectivity index (χ0n) is 10.5. The van der Waals surface area contributed by atoms with E-state index in [0.717, 1.165) is 6.20 Å². The molecule has 0 atom stereocenters. The molecular formula is C12H19FN4O. The van der Waals surface area contributed by atoms with Gasteiger partial charge in [0.25, 0.3) is 0 Å². The maximum absolute atomic E-state index is 14.0. The first-order valence-electron chi connectivity index (χ1n) is 5.67. The fourth-order valence-corrected chi connectivity index (χ4v) is 1.69. The molecule has 1 saturated heterocycles. The summed E-state index contributed by atoms with van der Waals surface area (Å²) < 4.78 is 14.0. The van der Waals surface area contributed by atoms with Gasteiger partial charge in [0, 0.05) is 32.8 Å². The van der Waals surface area contributed by atoms with E-state index in [0.29, 0.717) is 13.1 Å². The van der Waals surface area contributed by atoms with E-state index in [1.165, 1.54) is 6.08 Å². The van der Waals surface area contributed by atoms with E-state index in [2.05, 4.69) is 6.58 Å². The quantitative estimate of drug-likeness (QED) is 0.558. The van der Waals surface area contributed by atoms with Gasteiger partial charge in [-0.2, -0.15) is 0 Å². The average molecular weight is 254 g/mol. The Balaban J connectivity index is 2.89. The molecule has 1 aliphatic rings. The Morgan fingerprint density at radius 3 is 2.72 bits per heavy atom. The topological polar surface area (TPSA) is 75.6 Å². The van der Waals surface area contributed by atoms with Crippen molar-refractivity contribution in [3.8, 4) is 0 Å². The zero-order chi connectivity index (χ0) is 13.7. The number of allylic oxidation sites excluding steroid dienone is 2. The van der Waals surface area contributed by atoms with Crippen LogP contribution in [0.2, 0.25) is 0 Å². The predicted octanol–water partition coefficient (Wildman–Crippen LogP) is 0.276. The lowest BCUT2D eigenvalue weighted by atomic mass is 10.2. The monoisotopic (exact) mass is 254 g/mol. The Hall–Kier alpha value is -1.98. The number of hydrogen-bond acceptors (Lipinski definition) is 4. The second-order valence-corrected chi connectivity index (χ2v) is 4.12. The predicted molar refractivity (Wildman–Crippen MR) is 68.6 cm³/mol. The van der Waals surface area contributed by atoms with Crippen molar-refractivity contribution >= 4 is 5.91 Å². The Morgan fingerprint density at radius 2 is 2.22 bits per heavy atom. The van der Waals surface area contributed by atoms with Crippen LogP contribution in [-0.2, 0) is 4.79 Å². The van der Waals surface area contributed by atoms with Crippen molar-refractivity contribution in [1.29, 1.82) is 0 Å². The highest BCUT2D eigenvalue weighted by Gasteiger charge is 2.25. The number of halogens is 1. The summed E-state index contributed by atoms with van der Waals surface area (Å²) in [5, 5.41) is 0. The molecule has 0 saturated carbocycles. The van der Waals surface area contributed by atoms with Crippen molar-refractivity contribution in [2.24, 2.45) is 11.5 Å². The van der Waals surface area contributed by atoms with Crippen molar-refractivity contribution in [3.63, 3.8) is 0 Å². The van der Waals surface area contributed by atoms with E-state index < -0.39 is 5.83 Å². The summed E-state index contributed by atoms with van der Waals surface area (Å²) in [4.78, 5) is 14.8. The fourth-order valence-electron chi connectivity index (χ4n) is 1.69. The van der Waals surface area contributed by atoms with Crippen molar-refractivity contribution in [2.45, 2.75) is 6.42 Å². The first-order chi connectivity index (χ1) is 8.51. The highest BCUT2D eigenvalue weighted by Crippen LogP contribution is 2.21. The summed E-state index contributed by atoms with van der Waals surface area (Å²) >= 11 is 0. The van der Waals surface area contributed by atoms with Crippen LogP contribution in [0.25, 0.3) is 0 Å². The molecule has 1 amide bonds. The number of piperazine rings is 1. The van der Waals surface area contributed by atoms with E-state index >= 15 is 0 Å². The molecule has 0 aromatic carbocycles. The van der Waals surface area contributed by atoms with Crippen LogP contribution >= 0.6 is 0 Å². The molecule has 0 unspecified atom stereocenters. The van der Waals surface area contributed by atoms with Gasteiger partial charge in [-0.25, -0.2) is 4.39 Å². The molecule has 0 spiro atoms. The van der Waals surface area contributed by atoms with Crippen LogP contribution < -0.4 is 11.5 Å². The van der Waals surface area contributed by atoms with Crippen LogP contribution in [0.3, 0.4) is 0 Å². The number of carbonyl (C=O) groups is 1. The normalized spacial score (nSPS) is 18.8. The first-order valence-corrected chi connectivity index (χ1v) is 5.67. The van der Waals surface area contributed by atoms with Gasteiger partial charge >= 0.3 is 0 Å². The lowest BCUT2D eigenvalue weighted by molar-refractivity contribution is -0.133. The van der Waals surface area contributed by atoms with Crippen LogP contribution in [-0.4, -0.2) is 42.4 Å². The Bertz CT molecular complexity index is 403. The van der Waals surface area contributed by atoms with Crippen molar-refractivity contribution in [1.82, 2.24) is 9.80 Å². The summed E-state index contributed by atoms with van der Waals surface area (Å²) in [5.41, 5.74) is 11.2. The van der Waals surface area contributed by atoms with Gasteiger partial charge in [-0.3, -0.25) is 4.79 Å². The second-order valence-electron chi connectivity index (χ2n) is 4.12. The Labute approximate surface area is 106 Å². The lowest BCUT2D eigenvalue weighted by Crippen LogP contribution is -2.48. The lowest BCUT2D eigenvalue weighted by Gasteiger charge is -2.34. The SMILES string of the molecule is C=CC/C(N)=C(F)/C(=C/N)N1CCN(C)C(=O)C1. The number of hydrogen-bond donors (Lipinski definition) is 2. The van der Waals surface area contributed by atoms with E-state index in [1.54, 1.807) is 16.8 Å². The molecule has 1 aliphatic heterocycles. The third-order valence-corrected chi connectivity index (χ3v) is 2.83. The molecule has 1 heterocycles. The van der Waals surface area contributed by atoms with Gasteiger partial charge in [0.2, 0.25) is 5.91 Å². The smallest absolute Gasteiger partial charge is 0.241 e. The number of rotatable bonds is 4. The van der Waals surface area contributed by atoms with Crippen LogP contribution in [0.5, 0.6) is 0 Å². The molecular weight excluding hydrogens is 235 g/mol. The Kier molecular flexibility index (Phi) is 4.76. The van der Waals surface area contributed by atoms with Gasteiger partial charge in [-0.15, -0.1) is 6.58 Å². The third kappa shape index (κ3) is 3.03. The molecule has 1 rings (SSSR count). The van der Waals surface area contributed by atoms with E-state index in [4.69, 9.17) is 11.5 Å². The van der Waals surface area contributed by atoms with Gasteiger partial charge in [0.15, 0.2) is 5.83 Å². The van der Waals surface area contributed by atoms with Crippen molar-refractivity contribution < 1.29 is 9.18 Å². The second kappa shape index (κ2) is 6.09. The molecule has 18 heavy (non-hydrogen) atoms. The molecule has 5 nitrogen and oxygen atoms in total. The molecule has 0 radical (unpaired) electrons. The fraction of sp³-hybridized carbons (Fsp3) is 0.417. The molecule has 0 aliphatic carbocycles.